The van der Waals surface area contributed by atoms with Gasteiger partial charge in [-0.1, -0.05) is 19.0 Å². The Kier molecular flexibility index (Phi) is 2.28. The van der Waals surface area contributed by atoms with Gasteiger partial charge in [-0.05, 0) is 6.42 Å². The highest BCUT2D eigenvalue weighted by Crippen LogP contribution is 2.26. The summed E-state index contributed by atoms with van der Waals surface area (Å²) in [5.41, 5.74) is 5.54. The Hall–Kier alpha value is -0.940. The van der Waals surface area contributed by atoms with Crippen LogP contribution in [0.25, 0.3) is 0 Å². The van der Waals surface area contributed by atoms with E-state index in [0.717, 1.165) is 6.42 Å². The van der Waals surface area contributed by atoms with Crippen LogP contribution in [-0.2, 0) is 10.3 Å². The van der Waals surface area contributed by atoms with Gasteiger partial charge in [0.1, 0.15) is 5.54 Å². The standard InChI is InChI=1S/C9H15N3O2/c1-6(2)7-11-8(12-14-7)9(10)3-4-13-5-9/h6H,3-5,10H2,1-2H3. The third kappa shape index (κ3) is 1.53. The van der Waals surface area contributed by atoms with Crippen LogP contribution in [0.4, 0.5) is 0 Å². The van der Waals surface area contributed by atoms with Crippen molar-refractivity contribution >= 4 is 0 Å². The van der Waals surface area contributed by atoms with Crippen molar-refractivity contribution in [1.29, 1.82) is 0 Å². The highest BCUT2D eigenvalue weighted by atomic mass is 16.5. The van der Waals surface area contributed by atoms with E-state index in [2.05, 4.69) is 10.1 Å². The molecule has 1 aliphatic rings. The summed E-state index contributed by atoms with van der Waals surface area (Å²) in [7, 11) is 0. The van der Waals surface area contributed by atoms with E-state index < -0.39 is 5.54 Å². The predicted octanol–water partition coefficient (Wildman–Crippen LogP) is 0.767. The summed E-state index contributed by atoms with van der Waals surface area (Å²) in [5, 5.41) is 3.90. The molecule has 1 aromatic rings. The molecule has 1 unspecified atom stereocenters. The predicted molar refractivity (Wildman–Crippen MR) is 49.7 cm³/mol. The fraction of sp³-hybridized carbons (Fsp3) is 0.778. The van der Waals surface area contributed by atoms with E-state index in [4.69, 9.17) is 15.0 Å². The van der Waals surface area contributed by atoms with Gasteiger partial charge in [0.05, 0.1) is 6.61 Å². The molecule has 0 spiro atoms. The van der Waals surface area contributed by atoms with Gasteiger partial charge in [0.25, 0.3) is 0 Å². The van der Waals surface area contributed by atoms with E-state index in [1.165, 1.54) is 0 Å². The molecule has 1 aliphatic heterocycles. The number of rotatable bonds is 2. The maximum atomic E-state index is 6.08. The van der Waals surface area contributed by atoms with Crippen molar-refractivity contribution in [2.24, 2.45) is 5.73 Å². The summed E-state index contributed by atoms with van der Waals surface area (Å²) in [4.78, 5) is 4.28. The van der Waals surface area contributed by atoms with Crippen LogP contribution in [0, 0.1) is 0 Å². The first-order valence-electron chi connectivity index (χ1n) is 4.82. The van der Waals surface area contributed by atoms with Crippen LogP contribution >= 0.6 is 0 Å². The van der Waals surface area contributed by atoms with Crippen molar-refractivity contribution in [2.75, 3.05) is 13.2 Å². The molecule has 0 amide bonds. The van der Waals surface area contributed by atoms with Crippen LogP contribution in [0.15, 0.2) is 4.52 Å². The van der Waals surface area contributed by atoms with Crippen molar-refractivity contribution in [2.45, 2.75) is 31.7 Å². The van der Waals surface area contributed by atoms with E-state index in [-0.39, 0.29) is 5.92 Å². The second kappa shape index (κ2) is 3.33. The molecule has 0 radical (unpaired) electrons. The minimum atomic E-state index is -0.545. The average Bonchev–Trinajstić information content (AvgIpc) is 2.71. The molecule has 5 heteroatoms. The molecule has 1 aromatic heterocycles. The third-order valence-electron chi connectivity index (χ3n) is 2.43. The number of ether oxygens (including phenoxy) is 1. The molecule has 2 N–H and O–H groups in total. The molecule has 1 saturated heterocycles. The van der Waals surface area contributed by atoms with Crippen molar-refractivity contribution in [3.05, 3.63) is 11.7 Å². The number of hydrogen-bond acceptors (Lipinski definition) is 5. The van der Waals surface area contributed by atoms with Crippen molar-refractivity contribution in [1.82, 2.24) is 10.1 Å². The van der Waals surface area contributed by atoms with Crippen LogP contribution < -0.4 is 5.73 Å². The largest absolute Gasteiger partial charge is 0.379 e. The zero-order valence-electron chi connectivity index (χ0n) is 8.49. The molecule has 2 heterocycles. The smallest absolute Gasteiger partial charge is 0.229 e. The van der Waals surface area contributed by atoms with E-state index in [9.17, 15) is 0 Å². The van der Waals surface area contributed by atoms with Gasteiger partial charge in [-0.3, -0.25) is 0 Å². The molecule has 0 aliphatic carbocycles. The Morgan fingerprint density at radius 1 is 1.50 bits per heavy atom. The van der Waals surface area contributed by atoms with Crippen LogP contribution in [0.1, 0.15) is 37.9 Å². The quantitative estimate of drug-likeness (QED) is 0.757. The van der Waals surface area contributed by atoms with Gasteiger partial charge in [-0.15, -0.1) is 0 Å². The van der Waals surface area contributed by atoms with Gasteiger partial charge >= 0.3 is 0 Å². The molecule has 0 bridgehead atoms. The number of nitrogens with zero attached hydrogens (tertiary/aromatic N) is 2. The van der Waals surface area contributed by atoms with E-state index >= 15 is 0 Å². The number of nitrogens with two attached hydrogens (primary N) is 1. The summed E-state index contributed by atoms with van der Waals surface area (Å²) in [6, 6.07) is 0. The fourth-order valence-corrected chi connectivity index (χ4v) is 1.43. The maximum Gasteiger partial charge on any atom is 0.229 e. The van der Waals surface area contributed by atoms with Gasteiger partial charge in [-0.2, -0.15) is 4.98 Å². The zero-order valence-corrected chi connectivity index (χ0v) is 8.49. The zero-order chi connectivity index (χ0) is 10.2. The monoisotopic (exact) mass is 197 g/mol. The number of aromatic nitrogens is 2. The Balaban J connectivity index is 2.23. The summed E-state index contributed by atoms with van der Waals surface area (Å²) < 4.78 is 10.3. The van der Waals surface area contributed by atoms with Crippen molar-refractivity contribution in [3.8, 4) is 0 Å². The molecular weight excluding hydrogens is 182 g/mol. The van der Waals surface area contributed by atoms with Crippen LogP contribution in [0.2, 0.25) is 0 Å². The lowest BCUT2D eigenvalue weighted by atomic mass is 10.00. The summed E-state index contributed by atoms with van der Waals surface area (Å²) in [6.07, 6.45) is 0.754. The molecule has 1 fully saturated rings. The number of hydrogen-bond donors (Lipinski definition) is 1. The Labute approximate surface area is 82.6 Å². The first-order chi connectivity index (χ1) is 6.62. The lowest BCUT2D eigenvalue weighted by Crippen LogP contribution is -2.38. The molecular formula is C9H15N3O2. The fourth-order valence-electron chi connectivity index (χ4n) is 1.43. The lowest BCUT2D eigenvalue weighted by Gasteiger charge is -2.15. The molecule has 2 rings (SSSR count). The van der Waals surface area contributed by atoms with Crippen molar-refractivity contribution < 1.29 is 9.26 Å². The lowest BCUT2D eigenvalue weighted by molar-refractivity contribution is 0.175. The minimum Gasteiger partial charge on any atom is -0.379 e. The van der Waals surface area contributed by atoms with Gasteiger partial charge in [0.2, 0.25) is 5.89 Å². The van der Waals surface area contributed by atoms with Crippen LogP contribution in [0.5, 0.6) is 0 Å². The Morgan fingerprint density at radius 2 is 2.29 bits per heavy atom. The summed E-state index contributed by atoms with van der Waals surface area (Å²) in [5.74, 6) is 1.44. The normalized spacial score (nSPS) is 27.4. The molecule has 0 aromatic carbocycles. The SMILES string of the molecule is CC(C)c1nc(C2(N)CCOC2)no1. The summed E-state index contributed by atoms with van der Waals surface area (Å²) in [6.45, 7) is 5.16. The van der Waals surface area contributed by atoms with Gasteiger partial charge in [0, 0.05) is 12.5 Å². The average molecular weight is 197 g/mol. The first kappa shape index (κ1) is 9.61. The van der Waals surface area contributed by atoms with Crippen LogP contribution in [0.3, 0.4) is 0 Å². The molecule has 78 valence electrons. The highest BCUT2D eigenvalue weighted by Gasteiger charge is 2.37. The Morgan fingerprint density at radius 3 is 2.79 bits per heavy atom. The van der Waals surface area contributed by atoms with Gasteiger partial charge in [-0.25, -0.2) is 0 Å². The van der Waals surface area contributed by atoms with Crippen molar-refractivity contribution in [3.63, 3.8) is 0 Å². The molecule has 1 atom stereocenters. The third-order valence-corrected chi connectivity index (χ3v) is 2.43. The molecule has 14 heavy (non-hydrogen) atoms. The molecule has 0 saturated carbocycles. The second-order valence-electron chi connectivity index (χ2n) is 4.07. The maximum absolute atomic E-state index is 6.08. The molecule has 5 nitrogen and oxygen atoms in total. The van der Waals surface area contributed by atoms with E-state index in [1.54, 1.807) is 0 Å². The van der Waals surface area contributed by atoms with Gasteiger partial charge in [0.15, 0.2) is 5.82 Å². The van der Waals surface area contributed by atoms with E-state index in [1.807, 2.05) is 13.8 Å². The van der Waals surface area contributed by atoms with Crippen LogP contribution in [-0.4, -0.2) is 23.4 Å². The topological polar surface area (TPSA) is 74.2 Å². The van der Waals surface area contributed by atoms with Gasteiger partial charge < -0.3 is 15.0 Å². The second-order valence-corrected chi connectivity index (χ2v) is 4.07. The minimum absolute atomic E-state index is 0.238. The summed E-state index contributed by atoms with van der Waals surface area (Å²) >= 11 is 0. The Bertz CT molecular complexity index is 316. The van der Waals surface area contributed by atoms with E-state index in [0.29, 0.717) is 24.9 Å². The highest BCUT2D eigenvalue weighted by molar-refractivity contribution is 5.07. The first-order valence-corrected chi connectivity index (χ1v) is 4.82.